The maximum Gasteiger partial charge on any atom is 0.317 e. The van der Waals surface area contributed by atoms with Gasteiger partial charge in [0.15, 0.2) is 0 Å². The van der Waals surface area contributed by atoms with Crippen LogP contribution in [0.5, 0.6) is 0 Å². The normalized spacial score (nSPS) is 23.1. The number of rotatable bonds is 6. The van der Waals surface area contributed by atoms with Crippen molar-refractivity contribution in [2.45, 2.75) is 58.0 Å². The van der Waals surface area contributed by atoms with Gasteiger partial charge in [-0.15, -0.1) is 0 Å². The predicted molar refractivity (Wildman–Crippen MR) is 76.0 cm³/mol. The second kappa shape index (κ2) is 6.12. The van der Waals surface area contributed by atoms with Crippen LogP contribution >= 0.6 is 0 Å². The molecule has 0 aromatic heterocycles. The van der Waals surface area contributed by atoms with Crippen molar-refractivity contribution >= 4 is 6.03 Å². The Bertz CT molecular complexity index is 309. The zero-order chi connectivity index (χ0) is 13.9. The van der Waals surface area contributed by atoms with Crippen LogP contribution in [-0.4, -0.2) is 42.3 Å². The van der Waals surface area contributed by atoms with Crippen LogP contribution in [-0.2, 0) is 0 Å². The van der Waals surface area contributed by atoms with Gasteiger partial charge < -0.3 is 15.3 Å². The molecular formula is C15H28N2O2. The summed E-state index contributed by atoms with van der Waals surface area (Å²) in [6.07, 6.45) is 8.06. The first-order valence-electron chi connectivity index (χ1n) is 7.73. The zero-order valence-corrected chi connectivity index (χ0v) is 12.3. The van der Waals surface area contributed by atoms with Gasteiger partial charge in [0, 0.05) is 20.1 Å². The highest BCUT2D eigenvalue weighted by atomic mass is 16.3. The lowest BCUT2D eigenvalue weighted by Crippen LogP contribution is -2.45. The SMILES string of the molecule is CCC1(CNC(=O)N(C)CC(O)C2CC2)CCCC1. The molecule has 0 spiro atoms. The standard InChI is InChI=1S/C15H28N2O2/c1-3-15(8-4-5-9-15)11-16-14(19)17(2)10-13(18)12-6-7-12/h12-13,18H,3-11H2,1-2H3,(H,16,19). The molecule has 1 atom stereocenters. The summed E-state index contributed by atoms with van der Waals surface area (Å²) >= 11 is 0. The maximum atomic E-state index is 12.0. The second-order valence-corrected chi connectivity index (χ2v) is 6.50. The van der Waals surface area contributed by atoms with Crippen LogP contribution in [0.25, 0.3) is 0 Å². The van der Waals surface area contributed by atoms with Crippen molar-refractivity contribution in [1.29, 1.82) is 0 Å². The number of nitrogens with zero attached hydrogens (tertiary/aromatic N) is 1. The molecule has 4 heteroatoms. The van der Waals surface area contributed by atoms with E-state index < -0.39 is 0 Å². The molecule has 0 saturated heterocycles. The molecule has 4 nitrogen and oxygen atoms in total. The van der Waals surface area contributed by atoms with Crippen LogP contribution in [0.4, 0.5) is 4.79 Å². The quantitative estimate of drug-likeness (QED) is 0.777. The number of hydrogen-bond donors (Lipinski definition) is 2. The van der Waals surface area contributed by atoms with E-state index in [-0.39, 0.29) is 12.1 Å². The molecule has 0 aromatic carbocycles. The van der Waals surface area contributed by atoms with E-state index in [1.54, 1.807) is 11.9 Å². The third-order valence-corrected chi connectivity index (χ3v) is 5.00. The molecule has 19 heavy (non-hydrogen) atoms. The van der Waals surface area contributed by atoms with E-state index in [0.717, 1.165) is 25.8 Å². The van der Waals surface area contributed by atoms with Crippen molar-refractivity contribution in [1.82, 2.24) is 10.2 Å². The van der Waals surface area contributed by atoms with Gasteiger partial charge in [0.1, 0.15) is 0 Å². The number of likely N-dealkylation sites (N-methyl/N-ethyl adjacent to an activating group) is 1. The summed E-state index contributed by atoms with van der Waals surface area (Å²) in [5, 5.41) is 12.9. The summed E-state index contributed by atoms with van der Waals surface area (Å²) in [5.41, 5.74) is 0.325. The number of aliphatic hydroxyl groups excluding tert-OH is 1. The Balaban J connectivity index is 1.73. The highest BCUT2D eigenvalue weighted by molar-refractivity contribution is 5.73. The molecule has 2 fully saturated rings. The van der Waals surface area contributed by atoms with E-state index >= 15 is 0 Å². The van der Waals surface area contributed by atoms with Crippen molar-refractivity contribution < 1.29 is 9.90 Å². The number of urea groups is 1. The van der Waals surface area contributed by atoms with Gasteiger partial charge in [0.2, 0.25) is 0 Å². The Morgan fingerprint density at radius 1 is 1.42 bits per heavy atom. The lowest BCUT2D eigenvalue weighted by Gasteiger charge is -2.29. The molecule has 2 saturated carbocycles. The summed E-state index contributed by atoms with van der Waals surface area (Å²) in [6.45, 7) is 3.46. The molecule has 2 rings (SSSR count). The third-order valence-electron chi connectivity index (χ3n) is 5.00. The van der Waals surface area contributed by atoms with Gasteiger partial charge in [-0.1, -0.05) is 19.8 Å². The Morgan fingerprint density at radius 3 is 2.58 bits per heavy atom. The molecule has 2 N–H and O–H groups in total. The van der Waals surface area contributed by atoms with Crippen LogP contribution in [0.3, 0.4) is 0 Å². The fraction of sp³-hybridized carbons (Fsp3) is 0.933. The van der Waals surface area contributed by atoms with Crippen LogP contribution in [0.2, 0.25) is 0 Å². The highest BCUT2D eigenvalue weighted by Gasteiger charge is 2.33. The van der Waals surface area contributed by atoms with Crippen LogP contribution in [0.1, 0.15) is 51.9 Å². The molecule has 0 bridgehead atoms. The van der Waals surface area contributed by atoms with Gasteiger partial charge in [-0.3, -0.25) is 0 Å². The van der Waals surface area contributed by atoms with Crippen LogP contribution < -0.4 is 5.32 Å². The summed E-state index contributed by atoms with van der Waals surface area (Å²) in [5.74, 6) is 0.423. The summed E-state index contributed by atoms with van der Waals surface area (Å²) in [6, 6.07) is -0.0422. The lowest BCUT2D eigenvalue weighted by molar-refractivity contribution is 0.112. The molecule has 1 unspecified atom stereocenters. The highest BCUT2D eigenvalue weighted by Crippen LogP contribution is 2.40. The lowest BCUT2D eigenvalue weighted by atomic mass is 9.83. The molecule has 0 aliphatic heterocycles. The Hall–Kier alpha value is -0.770. The molecule has 0 aromatic rings. The van der Waals surface area contributed by atoms with E-state index in [4.69, 9.17) is 0 Å². The number of carbonyl (C=O) groups excluding carboxylic acids is 1. The van der Waals surface area contributed by atoms with Gasteiger partial charge in [-0.05, 0) is 43.4 Å². The molecule has 2 aliphatic rings. The fourth-order valence-corrected chi connectivity index (χ4v) is 3.17. The number of amides is 2. The largest absolute Gasteiger partial charge is 0.391 e. The third kappa shape index (κ3) is 3.85. The molecule has 110 valence electrons. The van der Waals surface area contributed by atoms with Crippen LogP contribution in [0, 0.1) is 11.3 Å². The first-order chi connectivity index (χ1) is 9.06. The summed E-state index contributed by atoms with van der Waals surface area (Å²) in [4.78, 5) is 13.7. The van der Waals surface area contributed by atoms with Crippen LogP contribution in [0.15, 0.2) is 0 Å². The van der Waals surface area contributed by atoms with E-state index in [9.17, 15) is 9.90 Å². The molecule has 0 heterocycles. The van der Waals surface area contributed by atoms with Gasteiger partial charge in [0.25, 0.3) is 0 Å². The molecule has 2 amide bonds. The average molecular weight is 268 g/mol. The zero-order valence-electron chi connectivity index (χ0n) is 12.3. The summed E-state index contributed by atoms with van der Waals surface area (Å²) < 4.78 is 0. The van der Waals surface area contributed by atoms with Crippen molar-refractivity contribution in [2.24, 2.45) is 11.3 Å². The van der Waals surface area contributed by atoms with E-state index in [0.29, 0.717) is 17.9 Å². The van der Waals surface area contributed by atoms with Crippen molar-refractivity contribution in [2.75, 3.05) is 20.1 Å². The minimum absolute atomic E-state index is 0.0422. The Morgan fingerprint density at radius 2 is 2.05 bits per heavy atom. The van der Waals surface area contributed by atoms with E-state index in [1.165, 1.54) is 25.7 Å². The van der Waals surface area contributed by atoms with Gasteiger partial charge >= 0.3 is 6.03 Å². The van der Waals surface area contributed by atoms with E-state index in [1.807, 2.05) is 0 Å². The van der Waals surface area contributed by atoms with Gasteiger partial charge in [-0.2, -0.15) is 0 Å². The number of carbonyl (C=O) groups is 1. The fourth-order valence-electron chi connectivity index (χ4n) is 3.17. The predicted octanol–water partition coefficient (Wildman–Crippen LogP) is 2.37. The average Bonchev–Trinajstić information content (AvgIpc) is 3.16. The van der Waals surface area contributed by atoms with Crippen molar-refractivity contribution in [3.05, 3.63) is 0 Å². The monoisotopic (exact) mass is 268 g/mol. The second-order valence-electron chi connectivity index (χ2n) is 6.50. The first-order valence-corrected chi connectivity index (χ1v) is 7.73. The first kappa shape index (κ1) is 14.6. The Labute approximate surface area is 116 Å². The van der Waals surface area contributed by atoms with Crippen molar-refractivity contribution in [3.63, 3.8) is 0 Å². The van der Waals surface area contributed by atoms with Gasteiger partial charge in [-0.25, -0.2) is 4.79 Å². The molecular weight excluding hydrogens is 240 g/mol. The summed E-state index contributed by atoms with van der Waals surface area (Å²) in [7, 11) is 1.77. The van der Waals surface area contributed by atoms with Gasteiger partial charge in [0.05, 0.1) is 6.10 Å². The molecule has 0 radical (unpaired) electrons. The number of aliphatic hydroxyl groups is 1. The number of nitrogens with one attached hydrogen (secondary N) is 1. The minimum atomic E-state index is -0.345. The molecule has 2 aliphatic carbocycles. The van der Waals surface area contributed by atoms with E-state index in [2.05, 4.69) is 12.2 Å². The Kier molecular flexibility index (Phi) is 4.71. The minimum Gasteiger partial charge on any atom is -0.391 e. The topological polar surface area (TPSA) is 52.6 Å². The number of hydrogen-bond acceptors (Lipinski definition) is 2. The maximum absolute atomic E-state index is 12.0. The smallest absolute Gasteiger partial charge is 0.317 e. The van der Waals surface area contributed by atoms with Crippen molar-refractivity contribution in [3.8, 4) is 0 Å².